The van der Waals surface area contributed by atoms with E-state index in [0.717, 1.165) is 0 Å². The molecule has 0 heterocycles. The molecular formula is C90H182O50Si10. The van der Waals surface area contributed by atoms with Crippen LogP contribution in [-0.2, 0) is 184 Å². The first-order valence-electron chi connectivity index (χ1n) is 50.4. The zero-order valence-electron chi connectivity index (χ0n) is 92.4. The highest BCUT2D eigenvalue weighted by molar-refractivity contribution is 6.70. The largest absolute Gasteiger partial charge is 0.466 e. The zero-order chi connectivity index (χ0) is 114. The molecule has 0 radical (unpaired) electrons. The SMILES string of the molecule is CO[Si](CO)(CCCOC(=O)CCC(CC(CC(CC(CC(CC(CC(CC(CC(C)C(=O)OCCC[Si](CO)(OC)OC)C(=O)OCCC[Si](CO)(OC)OC)C(=O)OCCC[Si](CO)(OC)OC)C(=O)OCCC[Si](CO)(OC)OC)C(=O)OCCC[Si](CO)(OC)OC)C(=O)OCCC[Si](CO)(OC)OC)C(=O)OCCC[Si](CO)(OC)OC)C(=O)OCCC[Si](CO)(OC)OC)C(=O)OCCC[Si](CO)(OC)OC)OC. The van der Waals surface area contributed by atoms with Gasteiger partial charge >= 0.3 is 145 Å². The lowest BCUT2D eigenvalue weighted by atomic mass is 9.77. The Morgan fingerprint density at radius 3 is 0.433 bits per heavy atom. The minimum Gasteiger partial charge on any atom is -0.466 e. The van der Waals surface area contributed by atoms with Gasteiger partial charge < -0.3 is 187 Å². The Balaban J connectivity index is 10.5. The third-order valence-corrected chi connectivity index (χ3v) is 58.6. The summed E-state index contributed by atoms with van der Waals surface area (Å²) in [5.74, 6) is -25.2. The van der Waals surface area contributed by atoms with Crippen molar-refractivity contribution in [1.29, 1.82) is 0 Å². The van der Waals surface area contributed by atoms with Crippen LogP contribution >= 0.6 is 0 Å². The first-order valence-corrected chi connectivity index (χ1v) is 72.7. The van der Waals surface area contributed by atoms with Gasteiger partial charge in [-0.05, 0) is 182 Å². The van der Waals surface area contributed by atoms with Gasteiger partial charge in [0.2, 0.25) is 0 Å². The molecule has 0 saturated heterocycles. The molecule has 150 heavy (non-hydrogen) atoms. The topological polar surface area (TPSA) is 650 Å². The molecule has 10 N–H and O–H groups in total. The van der Waals surface area contributed by atoms with E-state index in [-0.39, 0.29) is 151 Å². The summed E-state index contributed by atoms with van der Waals surface area (Å²) in [5, 5.41) is 105. The fraction of sp³-hybridized carbons (Fsp3) is 0.889. The van der Waals surface area contributed by atoms with Crippen LogP contribution in [-0.4, -0.2) is 467 Å². The first kappa shape index (κ1) is 146. The molecule has 0 aliphatic rings. The molecule has 60 heteroatoms. The van der Waals surface area contributed by atoms with E-state index in [2.05, 4.69) is 0 Å². The van der Waals surface area contributed by atoms with Gasteiger partial charge in [0, 0.05) is 149 Å². The Kier molecular flexibility index (Phi) is 78.1. The Morgan fingerprint density at radius 2 is 0.293 bits per heavy atom. The van der Waals surface area contributed by atoms with Crippen molar-refractivity contribution in [2.24, 2.45) is 53.3 Å². The summed E-state index contributed by atoms with van der Waals surface area (Å²) in [7, 11) is -6.27. The van der Waals surface area contributed by atoms with Crippen molar-refractivity contribution < 1.29 is 235 Å². The van der Waals surface area contributed by atoms with Crippen molar-refractivity contribution in [1.82, 2.24) is 0 Å². The number of esters is 10. The van der Waals surface area contributed by atoms with Gasteiger partial charge in [-0.25, -0.2) is 0 Å². The van der Waals surface area contributed by atoms with Gasteiger partial charge in [-0.15, -0.1) is 0 Å². The summed E-state index contributed by atoms with van der Waals surface area (Å²) in [6.07, 6.45) is -11.4. The highest BCUT2D eigenvalue weighted by Gasteiger charge is 2.48. The van der Waals surface area contributed by atoms with E-state index in [1.54, 1.807) is 0 Å². The average Bonchev–Trinajstić information content (AvgIpc) is 0.831. The summed E-state index contributed by atoms with van der Waals surface area (Å²) >= 11 is 0. The predicted octanol–water partition coefficient (Wildman–Crippen LogP) is 2.45. The van der Waals surface area contributed by atoms with Gasteiger partial charge in [-0.3, -0.25) is 47.9 Å². The second-order valence-electron chi connectivity index (χ2n) is 36.4. The van der Waals surface area contributed by atoms with E-state index in [0.29, 0.717) is 0 Å². The Morgan fingerprint density at radius 1 is 0.173 bits per heavy atom. The van der Waals surface area contributed by atoms with Crippen molar-refractivity contribution in [3.05, 3.63) is 0 Å². The number of hydrogen-bond acceptors (Lipinski definition) is 50. The van der Waals surface area contributed by atoms with Crippen LogP contribution in [0.2, 0.25) is 60.4 Å². The lowest BCUT2D eigenvalue weighted by Gasteiger charge is -2.30. The second-order valence-corrected chi connectivity index (χ2v) is 71.0. The third-order valence-electron chi connectivity index (χ3n) is 27.7. The van der Waals surface area contributed by atoms with Gasteiger partial charge in [-0.1, -0.05) is 6.92 Å². The van der Waals surface area contributed by atoms with Gasteiger partial charge in [0.05, 0.1) is 182 Å². The number of rotatable bonds is 98. The molecule has 882 valence electrons. The van der Waals surface area contributed by atoms with Crippen LogP contribution in [0.25, 0.3) is 0 Å². The van der Waals surface area contributed by atoms with Crippen LogP contribution in [0.4, 0.5) is 0 Å². The second kappa shape index (κ2) is 80.4. The van der Waals surface area contributed by atoms with Crippen molar-refractivity contribution in [2.75, 3.05) is 271 Å². The fourth-order valence-electron chi connectivity index (χ4n) is 16.8. The molecule has 9 atom stereocenters. The van der Waals surface area contributed by atoms with Crippen LogP contribution in [0.15, 0.2) is 0 Å². The van der Waals surface area contributed by atoms with Crippen molar-refractivity contribution >= 4 is 145 Å². The maximum absolute atomic E-state index is 16.1. The van der Waals surface area contributed by atoms with Crippen LogP contribution < -0.4 is 0 Å². The molecule has 0 saturated carbocycles. The number of aliphatic hydroxyl groups excluding tert-OH is 10. The lowest BCUT2D eigenvalue weighted by molar-refractivity contribution is -0.159. The van der Waals surface area contributed by atoms with E-state index < -0.39 is 365 Å². The lowest BCUT2D eigenvalue weighted by Crippen LogP contribution is -2.45. The average molecular weight is 2350 g/mol. The number of ether oxygens (including phenoxy) is 10. The predicted molar refractivity (Wildman–Crippen MR) is 556 cm³/mol. The van der Waals surface area contributed by atoms with Crippen molar-refractivity contribution in [3.63, 3.8) is 0 Å². The molecule has 9 unspecified atom stereocenters. The van der Waals surface area contributed by atoms with Crippen LogP contribution in [0.1, 0.15) is 135 Å². The Labute approximate surface area is 894 Å². The number of carbonyl (C=O) groups excluding carboxylic acids is 10. The highest BCUT2D eigenvalue weighted by atomic mass is 28.4. The molecule has 0 aliphatic heterocycles. The minimum atomic E-state index is -3.43. The molecule has 0 aromatic rings. The van der Waals surface area contributed by atoms with Crippen LogP contribution in [0.5, 0.6) is 0 Å². The minimum absolute atomic E-state index is 0.00195. The maximum atomic E-state index is 16.1. The Bertz CT molecular complexity index is 3560. The summed E-state index contributed by atoms with van der Waals surface area (Å²) in [5.41, 5.74) is 0. The van der Waals surface area contributed by atoms with E-state index >= 15 is 38.4 Å². The molecule has 0 aromatic heterocycles. The standard InChI is InChI=1S/C90H182O50Si10/c1-72(82(102)132-35-23-45-142(63-92,113-4)114-5)54-74(84(104)134-37-25-47-144(65-94,117-8)118-9)56-76(86(106)136-39-27-49-146(67-96,121-12)122-13)58-78(88(108)138-41-29-51-148(69-98,125-16)126-17)60-80(90(110)140-43-31-53-150(71-100,129-20)130-21)61-79(89(109)139-42-30-52-149(70-99,127-18)128-19)59-77(87(107)137-40-28-50-147(68-97,123-14)124-15)57-75(85(105)135-38-26-48-145(66-95,119-10)120-11)55-73(83(103)133-36-24-46-143(64-93,115-6)116-7)32-33-81(101)131-34-22-44-141(62-91,111-2)112-3/h72-80,91-100H,22-71H2,1-21H3. The Hall–Kier alpha value is -4.33. The van der Waals surface area contributed by atoms with E-state index in [1.165, 1.54) is 149 Å². The summed E-state index contributed by atoms with van der Waals surface area (Å²) in [6, 6.07) is 0.696. The number of aliphatic hydroxyl groups is 10. The normalized spacial score (nSPS) is 14.5. The molecule has 0 rings (SSSR count). The fourth-order valence-corrected chi connectivity index (χ4v) is 33.6. The maximum Gasteiger partial charge on any atom is 0.364 e. The van der Waals surface area contributed by atoms with Crippen LogP contribution in [0, 0.1) is 53.3 Å². The van der Waals surface area contributed by atoms with E-state index in [1.807, 2.05) is 0 Å². The third kappa shape index (κ3) is 51.3. The van der Waals surface area contributed by atoms with Gasteiger partial charge in [0.15, 0.2) is 0 Å². The zero-order valence-corrected chi connectivity index (χ0v) is 102. The molecule has 0 amide bonds. The smallest absolute Gasteiger partial charge is 0.364 e. The monoisotopic (exact) mass is 2340 g/mol. The molecule has 0 spiro atoms. The molecule has 0 bridgehead atoms. The summed E-state index contributed by atoms with van der Waals surface area (Å²) in [4.78, 5) is 154. The number of hydrogen-bond donors (Lipinski definition) is 10. The quantitative estimate of drug-likeness (QED) is 0.0181. The summed E-state index contributed by atoms with van der Waals surface area (Å²) in [6.45, 7) is -2.40. The van der Waals surface area contributed by atoms with Crippen LogP contribution in [0.3, 0.4) is 0 Å². The van der Waals surface area contributed by atoms with E-state index in [9.17, 15) is 60.7 Å². The first-order chi connectivity index (χ1) is 71.6. The molecule has 50 nitrogen and oxygen atoms in total. The van der Waals surface area contributed by atoms with Gasteiger partial charge in [0.25, 0.3) is 0 Å². The highest BCUT2D eigenvalue weighted by Crippen LogP contribution is 2.39. The van der Waals surface area contributed by atoms with Gasteiger partial charge in [-0.2, -0.15) is 0 Å². The van der Waals surface area contributed by atoms with Crippen molar-refractivity contribution in [3.8, 4) is 0 Å². The molecule has 0 aromatic carbocycles. The molecule has 0 fully saturated rings. The number of carbonyl (C=O) groups is 10. The molecular weight excluding hydrogens is 2160 g/mol. The van der Waals surface area contributed by atoms with Crippen molar-refractivity contribution in [2.45, 2.75) is 196 Å². The van der Waals surface area contributed by atoms with Gasteiger partial charge in [0.1, 0.15) is 0 Å². The van der Waals surface area contributed by atoms with E-state index in [4.69, 9.17) is 136 Å². The molecule has 0 aliphatic carbocycles. The summed E-state index contributed by atoms with van der Waals surface area (Å²) < 4.78 is 173.